The summed E-state index contributed by atoms with van der Waals surface area (Å²) in [7, 11) is 0. The van der Waals surface area contributed by atoms with E-state index < -0.39 is 0 Å². The van der Waals surface area contributed by atoms with Crippen molar-refractivity contribution in [2.24, 2.45) is 0 Å². The number of fused-ring (bicyclic) bond motifs is 1. The van der Waals surface area contributed by atoms with Gasteiger partial charge in [-0.05, 0) is 41.9 Å². The number of aromatic nitrogens is 4. The molecule has 0 spiro atoms. The zero-order valence-electron chi connectivity index (χ0n) is 10.0. The van der Waals surface area contributed by atoms with Gasteiger partial charge in [0.2, 0.25) is 11.3 Å². The number of nitrogens with zero attached hydrogens (tertiary/aromatic N) is 4. The van der Waals surface area contributed by atoms with Crippen LogP contribution in [0.1, 0.15) is 11.3 Å². The van der Waals surface area contributed by atoms with Crippen LogP contribution in [-0.4, -0.2) is 20.3 Å². The van der Waals surface area contributed by atoms with Crippen molar-refractivity contribution in [3.8, 4) is 0 Å². The SMILES string of the molecule is Cc1cccc(Nc2nc3nonc3nc2C)c1. The summed E-state index contributed by atoms with van der Waals surface area (Å²) in [5.74, 6) is 0.656. The molecule has 0 amide bonds. The van der Waals surface area contributed by atoms with Crippen molar-refractivity contribution in [2.45, 2.75) is 13.8 Å². The van der Waals surface area contributed by atoms with Gasteiger partial charge in [-0.2, -0.15) is 0 Å². The number of benzene rings is 1. The fourth-order valence-corrected chi connectivity index (χ4v) is 1.70. The lowest BCUT2D eigenvalue weighted by Crippen LogP contribution is -1.99. The molecule has 0 aliphatic carbocycles. The van der Waals surface area contributed by atoms with Crippen molar-refractivity contribution in [3.05, 3.63) is 35.5 Å². The van der Waals surface area contributed by atoms with Crippen LogP contribution in [0, 0.1) is 13.8 Å². The highest BCUT2D eigenvalue weighted by Gasteiger charge is 2.09. The molecule has 0 aliphatic heterocycles. The molecule has 3 rings (SSSR count). The smallest absolute Gasteiger partial charge is 0.245 e. The molecule has 6 nitrogen and oxygen atoms in total. The van der Waals surface area contributed by atoms with Crippen LogP contribution in [0.3, 0.4) is 0 Å². The number of nitrogens with one attached hydrogen (secondary N) is 1. The molecule has 3 aromatic rings. The van der Waals surface area contributed by atoms with Gasteiger partial charge in [-0.3, -0.25) is 0 Å². The predicted octanol–water partition coefficient (Wildman–Crippen LogP) is 2.37. The van der Waals surface area contributed by atoms with Crippen molar-refractivity contribution in [2.75, 3.05) is 5.32 Å². The molecule has 0 bridgehead atoms. The summed E-state index contributed by atoms with van der Waals surface area (Å²) in [5, 5.41) is 10.5. The number of rotatable bonds is 2. The first kappa shape index (κ1) is 10.6. The van der Waals surface area contributed by atoms with E-state index in [0.29, 0.717) is 17.1 Å². The lowest BCUT2D eigenvalue weighted by molar-refractivity contribution is 0.314. The van der Waals surface area contributed by atoms with E-state index in [9.17, 15) is 0 Å². The Hall–Kier alpha value is -2.50. The quantitative estimate of drug-likeness (QED) is 0.742. The van der Waals surface area contributed by atoms with Gasteiger partial charge < -0.3 is 5.32 Å². The highest BCUT2D eigenvalue weighted by molar-refractivity contribution is 5.69. The van der Waals surface area contributed by atoms with Crippen LogP contribution < -0.4 is 5.32 Å². The van der Waals surface area contributed by atoms with Crippen LogP contribution in [0.4, 0.5) is 11.5 Å². The molecule has 0 saturated carbocycles. The molecule has 90 valence electrons. The Kier molecular flexibility index (Phi) is 2.40. The molecule has 1 N–H and O–H groups in total. The monoisotopic (exact) mass is 241 g/mol. The van der Waals surface area contributed by atoms with E-state index in [1.165, 1.54) is 5.56 Å². The molecule has 1 aromatic carbocycles. The van der Waals surface area contributed by atoms with Crippen LogP contribution in [0.15, 0.2) is 28.9 Å². The third kappa shape index (κ3) is 1.88. The number of anilines is 2. The molecule has 18 heavy (non-hydrogen) atoms. The molecule has 0 atom stereocenters. The van der Waals surface area contributed by atoms with Gasteiger partial charge in [0.15, 0.2) is 5.82 Å². The Morgan fingerprint density at radius 1 is 1.06 bits per heavy atom. The predicted molar refractivity (Wildman–Crippen MR) is 66.6 cm³/mol. The molecule has 0 unspecified atom stereocenters. The second kappa shape index (κ2) is 4.06. The maximum absolute atomic E-state index is 4.59. The molecule has 0 fully saturated rings. The fraction of sp³-hybridized carbons (Fsp3) is 0.167. The Labute approximate surface area is 103 Å². The summed E-state index contributed by atoms with van der Waals surface area (Å²) < 4.78 is 4.59. The van der Waals surface area contributed by atoms with Gasteiger partial charge in [0.25, 0.3) is 0 Å². The van der Waals surface area contributed by atoms with Crippen molar-refractivity contribution in [1.29, 1.82) is 0 Å². The maximum Gasteiger partial charge on any atom is 0.245 e. The number of aryl methyl sites for hydroxylation is 2. The van der Waals surface area contributed by atoms with Crippen LogP contribution >= 0.6 is 0 Å². The fourth-order valence-electron chi connectivity index (χ4n) is 1.70. The van der Waals surface area contributed by atoms with E-state index in [2.05, 4.69) is 30.2 Å². The molecule has 2 heterocycles. The first-order valence-electron chi connectivity index (χ1n) is 5.53. The molecular weight excluding hydrogens is 230 g/mol. The summed E-state index contributed by atoms with van der Waals surface area (Å²) >= 11 is 0. The van der Waals surface area contributed by atoms with E-state index in [1.54, 1.807) is 0 Å². The average Bonchev–Trinajstić information content (AvgIpc) is 2.76. The lowest BCUT2D eigenvalue weighted by Gasteiger charge is -2.07. The van der Waals surface area contributed by atoms with Crippen molar-refractivity contribution in [1.82, 2.24) is 20.3 Å². The van der Waals surface area contributed by atoms with Gasteiger partial charge in [-0.1, -0.05) is 12.1 Å². The highest BCUT2D eigenvalue weighted by atomic mass is 16.6. The summed E-state index contributed by atoms with van der Waals surface area (Å²) in [6.45, 7) is 3.90. The first-order chi connectivity index (χ1) is 8.72. The van der Waals surface area contributed by atoms with Crippen LogP contribution in [0.5, 0.6) is 0 Å². The second-order valence-corrected chi connectivity index (χ2v) is 4.06. The largest absolute Gasteiger partial charge is 0.339 e. The number of hydrogen-bond donors (Lipinski definition) is 1. The van der Waals surface area contributed by atoms with E-state index in [4.69, 9.17) is 0 Å². The van der Waals surface area contributed by atoms with Crippen LogP contribution in [0.2, 0.25) is 0 Å². The Bertz CT molecular complexity index is 707. The zero-order chi connectivity index (χ0) is 12.5. The van der Waals surface area contributed by atoms with Gasteiger partial charge in [-0.25, -0.2) is 14.6 Å². The minimum Gasteiger partial charge on any atom is -0.339 e. The van der Waals surface area contributed by atoms with Gasteiger partial charge >= 0.3 is 0 Å². The van der Waals surface area contributed by atoms with Crippen molar-refractivity contribution < 1.29 is 4.63 Å². The Morgan fingerprint density at radius 2 is 1.83 bits per heavy atom. The third-order valence-corrected chi connectivity index (χ3v) is 2.57. The second-order valence-electron chi connectivity index (χ2n) is 4.06. The minimum atomic E-state index is 0.399. The molecule has 0 aliphatic rings. The number of hydrogen-bond acceptors (Lipinski definition) is 6. The topological polar surface area (TPSA) is 76.7 Å². The summed E-state index contributed by atoms with van der Waals surface area (Å²) in [5.41, 5.74) is 3.70. The van der Waals surface area contributed by atoms with Crippen LogP contribution in [0.25, 0.3) is 11.3 Å². The Morgan fingerprint density at radius 3 is 2.61 bits per heavy atom. The van der Waals surface area contributed by atoms with Crippen molar-refractivity contribution >= 4 is 22.8 Å². The zero-order valence-corrected chi connectivity index (χ0v) is 10.0. The summed E-state index contributed by atoms with van der Waals surface area (Å²) in [4.78, 5) is 8.58. The third-order valence-electron chi connectivity index (χ3n) is 2.57. The van der Waals surface area contributed by atoms with Gasteiger partial charge in [0.1, 0.15) is 0 Å². The molecular formula is C12H11N5O. The van der Waals surface area contributed by atoms with Crippen molar-refractivity contribution in [3.63, 3.8) is 0 Å². The normalized spacial score (nSPS) is 10.8. The van der Waals surface area contributed by atoms with Gasteiger partial charge in [-0.15, -0.1) is 0 Å². The molecule has 0 saturated heterocycles. The summed E-state index contributed by atoms with van der Waals surface area (Å²) in [6.07, 6.45) is 0. The molecule has 6 heteroatoms. The Balaban J connectivity index is 2.01. The molecule has 2 aromatic heterocycles. The van der Waals surface area contributed by atoms with E-state index in [-0.39, 0.29) is 0 Å². The highest BCUT2D eigenvalue weighted by Crippen LogP contribution is 2.19. The standard InChI is InChI=1S/C12H11N5O/c1-7-4-3-5-9(6-7)14-10-8(2)13-11-12(15-10)17-18-16-11/h3-6H,1-2H3,(H,14,15,17). The maximum atomic E-state index is 4.59. The van der Waals surface area contributed by atoms with E-state index >= 15 is 0 Å². The first-order valence-corrected chi connectivity index (χ1v) is 5.53. The summed E-state index contributed by atoms with van der Waals surface area (Å²) in [6, 6.07) is 8.02. The minimum absolute atomic E-state index is 0.399. The lowest BCUT2D eigenvalue weighted by atomic mass is 10.2. The molecule has 0 radical (unpaired) electrons. The van der Waals surface area contributed by atoms with Crippen LogP contribution in [-0.2, 0) is 0 Å². The van der Waals surface area contributed by atoms with E-state index in [1.807, 2.05) is 38.1 Å². The van der Waals surface area contributed by atoms with Gasteiger partial charge in [0, 0.05) is 5.69 Å². The van der Waals surface area contributed by atoms with Gasteiger partial charge in [0.05, 0.1) is 5.69 Å². The van der Waals surface area contributed by atoms with E-state index in [0.717, 1.165) is 11.4 Å². The average molecular weight is 241 g/mol.